The largest absolute Gasteiger partial charge is 0.275 e. The molecule has 0 unspecified atom stereocenters. The first-order chi connectivity index (χ1) is 14.5. The summed E-state index contributed by atoms with van der Waals surface area (Å²) >= 11 is 0. The molecular weight excluding hydrogens is 393 g/mol. The number of pyridine rings is 1. The van der Waals surface area contributed by atoms with Gasteiger partial charge in [-0.25, -0.2) is 14.3 Å². The molecular formula is C20H10FN5O4. The predicted molar refractivity (Wildman–Crippen MR) is 104 cm³/mol. The number of benzene rings is 2. The molecule has 0 fully saturated rings. The van der Waals surface area contributed by atoms with Gasteiger partial charge in [-0.1, -0.05) is 0 Å². The van der Waals surface area contributed by atoms with Gasteiger partial charge in [0.25, 0.3) is 17.5 Å². The maximum atomic E-state index is 13.3. The molecule has 4 aromatic rings. The van der Waals surface area contributed by atoms with Crippen molar-refractivity contribution in [2.24, 2.45) is 0 Å². The lowest BCUT2D eigenvalue weighted by molar-refractivity contribution is -0.384. The van der Waals surface area contributed by atoms with E-state index in [2.05, 4.69) is 15.2 Å². The smallest absolute Gasteiger partial charge is 0.269 e. The topological polar surface area (TPSA) is 122 Å². The average Bonchev–Trinajstić information content (AvgIpc) is 3.28. The molecule has 1 N–H and O–H groups in total. The summed E-state index contributed by atoms with van der Waals surface area (Å²) in [4.78, 5) is 41.6. The SMILES string of the molecule is O=C1c2cnc3n[nH]c(-c4ccc(F)cc4)c3c2C(=O)N1c1ccc([N+](=O)[O-])cc1. The predicted octanol–water partition coefficient (Wildman–Crippen LogP) is 3.47. The van der Waals surface area contributed by atoms with Gasteiger partial charge in [-0.3, -0.25) is 24.8 Å². The van der Waals surface area contributed by atoms with Crippen molar-refractivity contribution in [3.63, 3.8) is 0 Å². The monoisotopic (exact) mass is 403 g/mol. The Hall–Kier alpha value is -4.47. The minimum Gasteiger partial charge on any atom is -0.275 e. The van der Waals surface area contributed by atoms with Crippen molar-refractivity contribution in [3.8, 4) is 11.3 Å². The molecule has 2 aromatic carbocycles. The maximum Gasteiger partial charge on any atom is 0.269 e. The number of aromatic amines is 1. The fourth-order valence-electron chi connectivity index (χ4n) is 3.48. The van der Waals surface area contributed by atoms with E-state index in [1.165, 1.54) is 54.7 Å². The number of hydrogen-bond donors (Lipinski definition) is 1. The second-order valence-electron chi connectivity index (χ2n) is 6.57. The number of H-pyrrole nitrogens is 1. The van der Waals surface area contributed by atoms with Crippen LogP contribution in [0, 0.1) is 15.9 Å². The number of hydrogen-bond acceptors (Lipinski definition) is 6. The van der Waals surface area contributed by atoms with Crippen molar-refractivity contribution in [2.45, 2.75) is 0 Å². The van der Waals surface area contributed by atoms with Crippen LogP contribution in [0.2, 0.25) is 0 Å². The number of non-ortho nitro benzene ring substituents is 1. The van der Waals surface area contributed by atoms with Gasteiger partial charge >= 0.3 is 0 Å². The van der Waals surface area contributed by atoms with Gasteiger partial charge in [0.15, 0.2) is 5.65 Å². The lowest BCUT2D eigenvalue weighted by atomic mass is 10.0. The van der Waals surface area contributed by atoms with Crippen LogP contribution >= 0.6 is 0 Å². The number of carbonyl (C=O) groups is 2. The number of carbonyl (C=O) groups excluding carboxylic acids is 2. The Kier molecular flexibility index (Phi) is 3.68. The number of nitrogens with one attached hydrogen (secondary N) is 1. The van der Waals surface area contributed by atoms with Crippen molar-refractivity contribution in [1.82, 2.24) is 15.2 Å². The van der Waals surface area contributed by atoms with E-state index >= 15 is 0 Å². The van der Waals surface area contributed by atoms with E-state index in [9.17, 15) is 24.1 Å². The van der Waals surface area contributed by atoms with Crippen LogP contribution in [0.1, 0.15) is 20.7 Å². The highest BCUT2D eigenvalue weighted by Crippen LogP contribution is 2.36. The van der Waals surface area contributed by atoms with Gasteiger partial charge in [-0.15, -0.1) is 0 Å². The molecule has 3 heterocycles. The number of nitrogens with zero attached hydrogens (tertiary/aromatic N) is 4. The van der Waals surface area contributed by atoms with Crippen molar-refractivity contribution in [1.29, 1.82) is 0 Å². The second-order valence-corrected chi connectivity index (χ2v) is 6.57. The van der Waals surface area contributed by atoms with Gasteiger partial charge in [0.2, 0.25) is 0 Å². The molecule has 9 nitrogen and oxygen atoms in total. The number of halogens is 1. The summed E-state index contributed by atoms with van der Waals surface area (Å²) in [6.45, 7) is 0. The minimum absolute atomic E-state index is 0.0932. The molecule has 0 radical (unpaired) electrons. The molecule has 10 heteroatoms. The van der Waals surface area contributed by atoms with Gasteiger partial charge in [0, 0.05) is 23.9 Å². The van der Waals surface area contributed by atoms with Crippen LogP contribution in [0.5, 0.6) is 0 Å². The fraction of sp³-hybridized carbons (Fsp3) is 0. The first-order valence-electron chi connectivity index (χ1n) is 8.72. The Morgan fingerprint density at radius 3 is 2.37 bits per heavy atom. The van der Waals surface area contributed by atoms with Gasteiger partial charge < -0.3 is 0 Å². The first kappa shape index (κ1) is 17.6. The van der Waals surface area contributed by atoms with Gasteiger partial charge in [0.1, 0.15) is 5.82 Å². The Morgan fingerprint density at radius 1 is 1.00 bits per heavy atom. The number of aromatic nitrogens is 3. The molecule has 2 amide bonds. The van der Waals surface area contributed by atoms with E-state index in [0.29, 0.717) is 16.6 Å². The number of anilines is 1. The summed E-state index contributed by atoms with van der Waals surface area (Å²) in [6.07, 6.45) is 1.28. The Bertz CT molecular complexity index is 1360. The van der Waals surface area contributed by atoms with Crippen LogP contribution in [0.25, 0.3) is 22.3 Å². The molecule has 5 rings (SSSR count). The molecule has 0 saturated carbocycles. The molecule has 0 aliphatic carbocycles. The summed E-state index contributed by atoms with van der Waals surface area (Å²) in [7, 11) is 0. The van der Waals surface area contributed by atoms with E-state index in [-0.39, 0.29) is 28.1 Å². The number of amides is 2. The third-order valence-electron chi connectivity index (χ3n) is 4.88. The zero-order valence-electron chi connectivity index (χ0n) is 15.0. The maximum absolute atomic E-state index is 13.3. The zero-order valence-corrected chi connectivity index (χ0v) is 15.0. The number of imide groups is 1. The van der Waals surface area contributed by atoms with Crippen LogP contribution in [0.3, 0.4) is 0 Å². The quantitative estimate of drug-likeness (QED) is 0.317. The van der Waals surface area contributed by atoms with Gasteiger partial charge in [-0.2, -0.15) is 5.10 Å². The highest BCUT2D eigenvalue weighted by Gasteiger charge is 2.40. The van der Waals surface area contributed by atoms with Crippen LogP contribution in [-0.2, 0) is 0 Å². The lowest BCUT2D eigenvalue weighted by Crippen LogP contribution is -2.29. The van der Waals surface area contributed by atoms with Gasteiger partial charge in [0.05, 0.1) is 32.8 Å². The highest BCUT2D eigenvalue weighted by atomic mass is 19.1. The summed E-state index contributed by atoms with van der Waals surface area (Å²) < 4.78 is 13.3. The summed E-state index contributed by atoms with van der Waals surface area (Å²) in [6, 6.07) is 10.7. The van der Waals surface area contributed by atoms with Crippen LogP contribution < -0.4 is 4.90 Å². The zero-order chi connectivity index (χ0) is 21.0. The third kappa shape index (κ3) is 2.47. The number of rotatable bonds is 3. The summed E-state index contributed by atoms with van der Waals surface area (Å²) in [5.74, 6) is -1.60. The van der Waals surface area contributed by atoms with Crippen LogP contribution in [0.4, 0.5) is 15.8 Å². The molecule has 0 bridgehead atoms. The minimum atomic E-state index is -0.596. The molecule has 1 aliphatic heterocycles. The van der Waals surface area contributed by atoms with E-state index in [1.807, 2.05) is 0 Å². The second kappa shape index (κ2) is 6.27. The number of nitro benzene ring substituents is 1. The molecule has 2 aromatic heterocycles. The Balaban J connectivity index is 1.66. The van der Waals surface area contributed by atoms with Crippen molar-refractivity contribution >= 4 is 34.2 Å². The number of fused-ring (bicyclic) bond motifs is 3. The van der Waals surface area contributed by atoms with Gasteiger partial charge in [-0.05, 0) is 36.4 Å². The van der Waals surface area contributed by atoms with Crippen LogP contribution in [-0.4, -0.2) is 31.9 Å². The first-order valence-corrected chi connectivity index (χ1v) is 8.72. The molecule has 30 heavy (non-hydrogen) atoms. The summed E-state index contributed by atoms with van der Waals surface area (Å²) in [5, 5.41) is 18.1. The average molecular weight is 403 g/mol. The highest BCUT2D eigenvalue weighted by molar-refractivity contribution is 6.38. The standard InChI is InChI=1S/C20H10FN5O4/c21-11-3-1-10(2-4-11)17-16-15-14(9-22-18(16)24-23-17)19(27)25(20(15)28)12-5-7-13(8-6-12)26(29)30/h1-9H,(H,22,23,24). The van der Waals surface area contributed by atoms with E-state index in [0.717, 1.165) is 4.90 Å². The molecule has 0 spiro atoms. The fourth-order valence-corrected chi connectivity index (χ4v) is 3.48. The third-order valence-corrected chi connectivity index (χ3v) is 4.88. The molecule has 1 aliphatic rings. The van der Waals surface area contributed by atoms with Crippen molar-refractivity contribution in [3.05, 3.63) is 81.8 Å². The Labute approximate surface area is 166 Å². The Morgan fingerprint density at radius 2 is 1.70 bits per heavy atom. The molecule has 0 saturated heterocycles. The molecule has 0 atom stereocenters. The lowest BCUT2D eigenvalue weighted by Gasteiger charge is -2.13. The van der Waals surface area contributed by atoms with E-state index < -0.39 is 22.6 Å². The van der Waals surface area contributed by atoms with Crippen LogP contribution in [0.15, 0.2) is 54.7 Å². The summed E-state index contributed by atoms with van der Waals surface area (Å²) in [5.41, 5.74) is 1.50. The van der Waals surface area contributed by atoms with Crippen molar-refractivity contribution in [2.75, 3.05) is 4.90 Å². The van der Waals surface area contributed by atoms with Crippen molar-refractivity contribution < 1.29 is 18.9 Å². The van der Waals surface area contributed by atoms with E-state index in [1.54, 1.807) is 0 Å². The molecule has 146 valence electrons. The normalized spacial score (nSPS) is 13.2. The number of nitro groups is 1. The van der Waals surface area contributed by atoms with E-state index in [4.69, 9.17) is 0 Å².